The Balaban J connectivity index is 0.901. The van der Waals surface area contributed by atoms with Crippen molar-refractivity contribution in [2.75, 3.05) is 68.4 Å². The highest BCUT2D eigenvalue weighted by molar-refractivity contribution is 7.99. The van der Waals surface area contributed by atoms with Crippen LogP contribution in [0.2, 0.25) is 5.02 Å². The first kappa shape index (κ1) is 46.8. The predicted octanol–water partition coefficient (Wildman–Crippen LogP) is 8.61. The van der Waals surface area contributed by atoms with Gasteiger partial charge in [0.05, 0.1) is 28.2 Å². The van der Waals surface area contributed by atoms with E-state index in [1.54, 1.807) is 23.9 Å². The van der Waals surface area contributed by atoms with Crippen molar-refractivity contribution in [2.24, 2.45) is 0 Å². The van der Waals surface area contributed by atoms with Crippen LogP contribution in [-0.2, 0) is 24.6 Å². The number of nitrogens with zero attached hydrogens (tertiary/aromatic N) is 3. The zero-order valence-electron chi connectivity index (χ0n) is 35.1. The number of hydrogen-bond donors (Lipinski definition) is 2. The van der Waals surface area contributed by atoms with Gasteiger partial charge in [0.1, 0.15) is 0 Å². The fraction of sp³-hybridized carbons (Fsp3) is 0.413. The van der Waals surface area contributed by atoms with Gasteiger partial charge in [-0.15, -0.1) is 11.8 Å². The third kappa shape index (κ3) is 10.9. The molecule has 4 aromatic carbocycles. The number of carbonyl (C=O) groups excluding carboxylic acids is 1. The van der Waals surface area contributed by atoms with E-state index in [4.69, 9.17) is 27.9 Å². The van der Waals surface area contributed by atoms with Gasteiger partial charge in [-0.1, -0.05) is 47.5 Å². The van der Waals surface area contributed by atoms with E-state index in [9.17, 15) is 30.4 Å². The number of allylic oxidation sites excluding steroid dienone is 1. The van der Waals surface area contributed by atoms with Gasteiger partial charge in [0, 0.05) is 84.8 Å². The number of benzene rings is 4. The average Bonchev–Trinajstić information content (AvgIpc) is 3.93. The van der Waals surface area contributed by atoms with E-state index in [1.165, 1.54) is 41.7 Å². The van der Waals surface area contributed by atoms with Gasteiger partial charge in [0.15, 0.2) is 0 Å². The highest BCUT2D eigenvalue weighted by Crippen LogP contribution is 2.39. The van der Waals surface area contributed by atoms with Crippen molar-refractivity contribution in [3.63, 3.8) is 0 Å². The van der Waals surface area contributed by atoms with Gasteiger partial charge in [0.25, 0.3) is 25.8 Å². The molecule has 2 N–H and O–H groups in total. The smallest absolute Gasteiger partial charge is 0.384 e. The molecule has 342 valence electrons. The molecule has 3 saturated heterocycles. The minimum Gasteiger partial charge on any atom is -0.384 e. The standard InChI is InChI=1S/C46H51Cl2F2N5O6S3/c47-35-14-10-32(11-15-35)42-9-5-4-6-34(42)28-53-22-24-54(25-23-53)36-16-12-33(13-17-36)45(56)52-64(59,60)41-18-19-43(44(27-41)63(57,58)46(48,49)50)51-21-20-37(31-62-40-7-2-1-3-8-40)55-29-39-26-38(55)30-61-39/h1-3,7-8,10-19,27,37-39,51H,4-6,9,20-26,28-31H2,(H,52,56)/t37?,38-,39-/m0/s1. The molecule has 2 bridgehead atoms. The van der Waals surface area contributed by atoms with Gasteiger partial charge in [-0.05, 0) is 128 Å². The van der Waals surface area contributed by atoms with Crippen LogP contribution in [0.25, 0.3) is 5.57 Å². The number of sulfonamides is 1. The molecule has 8 rings (SSSR count). The molecule has 3 heterocycles. The lowest BCUT2D eigenvalue weighted by atomic mass is 9.87. The molecule has 1 unspecified atom stereocenters. The summed E-state index contributed by atoms with van der Waals surface area (Å²) in [7, 11) is -10.3. The lowest BCUT2D eigenvalue weighted by molar-refractivity contribution is 0.0147. The quantitative estimate of drug-likeness (QED) is 0.0780. The summed E-state index contributed by atoms with van der Waals surface area (Å²) in [5.74, 6) is -0.244. The zero-order valence-corrected chi connectivity index (χ0v) is 39.1. The molecule has 0 radical (unpaired) electrons. The van der Waals surface area contributed by atoms with E-state index in [0.717, 1.165) is 92.0 Å². The summed E-state index contributed by atoms with van der Waals surface area (Å²) in [5, 5.41) is 3.69. The van der Waals surface area contributed by atoms with Crippen molar-refractivity contribution in [3.8, 4) is 0 Å². The highest BCUT2D eigenvalue weighted by atomic mass is 35.5. The van der Waals surface area contributed by atoms with E-state index < -0.39 is 40.3 Å². The number of carbonyl (C=O) groups is 1. The number of anilines is 2. The number of ether oxygens (including phenoxy) is 1. The number of morpholine rings is 1. The van der Waals surface area contributed by atoms with Crippen LogP contribution < -0.4 is 14.9 Å². The zero-order chi connectivity index (χ0) is 45.1. The van der Waals surface area contributed by atoms with E-state index in [0.29, 0.717) is 19.1 Å². The molecular weight excluding hydrogens is 924 g/mol. The number of nitrogens with one attached hydrogen (secondary N) is 2. The first-order valence-corrected chi connectivity index (χ1v) is 26.2. The molecule has 11 nitrogen and oxygen atoms in total. The second-order valence-corrected chi connectivity index (χ2v) is 22.6. The van der Waals surface area contributed by atoms with Crippen LogP contribution >= 0.6 is 35.0 Å². The van der Waals surface area contributed by atoms with Crippen LogP contribution in [0.15, 0.2) is 117 Å². The molecule has 0 saturated carbocycles. The normalized spacial score (nSPS) is 20.4. The maximum Gasteiger partial charge on any atom is 0.427 e. The molecule has 0 aromatic heterocycles. The summed E-state index contributed by atoms with van der Waals surface area (Å²) in [6, 6.07) is 27.6. The summed E-state index contributed by atoms with van der Waals surface area (Å²) in [6.07, 6.45) is 6.10. The lowest BCUT2D eigenvalue weighted by Crippen LogP contribution is -2.47. The average molecular weight is 975 g/mol. The van der Waals surface area contributed by atoms with Gasteiger partial charge in [-0.25, -0.2) is 21.6 Å². The summed E-state index contributed by atoms with van der Waals surface area (Å²) in [5.41, 5.74) is 4.81. The number of alkyl halides is 3. The van der Waals surface area contributed by atoms with Crippen LogP contribution in [0.3, 0.4) is 0 Å². The van der Waals surface area contributed by atoms with Crippen LogP contribution in [-0.4, -0.2) is 114 Å². The molecule has 4 aliphatic rings. The minimum atomic E-state index is -5.58. The van der Waals surface area contributed by atoms with E-state index in [2.05, 4.69) is 32.1 Å². The van der Waals surface area contributed by atoms with Gasteiger partial charge in [-0.2, -0.15) is 8.78 Å². The van der Waals surface area contributed by atoms with Gasteiger partial charge in [0.2, 0.25) is 0 Å². The number of hydrogen-bond acceptors (Lipinski definition) is 11. The highest BCUT2D eigenvalue weighted by Gasteiger charge is 2.46. The Morgan fingerprint density at radius 2 is 1.62 bits per heavy atom. The molecule has 3 aliphatic heterocycles. The topological polar surface area (TPSA) is 128 Å². The molecule has 64 heavy (non-hydrogen) atoms. The van der Waals surface area contributed by atoms with E-state index in [1.807, 2.05) is 47.2 Å². The molecule has 1 amide bonds. The largest absolute Gasteiger partial charge is 0.427 e. The first-order chi connectivity index (χ1) is 30.6. The van der Waals surface area contributed by atoms with Crippen molar-refractivity contribution >= 4 is 77.7 Å². The van der Waals surface area contributed by atoms with Crippen LogP contribution in [0.4, 0.5) is 20.2 Å². The number of sulfone groups is 1. The Bertz CT molecular complexity index is 2540. The van der Waals surface area contributed by atoms with Crippen LogP contribution in [0, 0.1) is 0 Å². The Labute approximate surface area is 388 Å². The Morgan fingerprint density at radius 3 is 2.30 bits per heavy atom. The minimum absolute atomic E-state index is 0.0427. The van der Waals surface area contributed by atoms with Gasteiger partial charge >= 0.3 is 4.71 Å². The summed E-state index contributed by atoms with van der Waals surface area (Å²) in [6.45, 7) is 5.71. The van der Waals surface area contributed by atoms with Gasteiger partial charge < -0.3 is 15.0 Å². The number of rotatable bonds is 17. The molecule has 3 fully saturated rings. The SMILES string of the molecule is O=C(NS(=O)(=O)c1ccc(NCCC(CSc2ccccc2)N2C[C@@H]3C[C@H]2CO3)c(S(=O)(=O)C(F)(F)Cl)c1)c1ccc(N2CCN(CC3=C(c4ccc(Cl)cc4)CCCC3)CC2)cc1. The first-order valence-electron chi connectivity index (χ1n) is 21.5. The summed E-state index contributed by atoms with van der Waals surface area (Å²) >= 11 is 13.0. The second-order valence-electron chi connectivity index (χ2n) is 16.7. The fourth-order valence-electron chi connectivity index (χ4n) is 9.11. The number of halogens is 4. The Morgan fingerprint density at radius 1 is 0.906 bits per heavy atom. The van der Waals surface area contributed by atoms with Crippen LogP contribution in [0.5, 0.6) is 0 Å². The third-order valence-electron chi connectivity index (χ3n) is 12.5. The maximum absolute atomic E-state index is 14.5. The van der Waals surface area contributed by atoms with E-state index >= 15 is 0 Å². The lowest BCUT2D eigenvalue weighted by Gasteiger charge is -2.37. The number of amides is 1. The number of fused-ring (bicyclic) bond motifs is 2. The van der Waals surface area contributed by atoms with Crippen LogP contribution in [0.1, 0.15) is 54.4 Å². The summed E-state index contributed by atoms with van der Waals surface area (Å²) in [4.78, 5) is 19.8. The second kappa shape index (κ2) is 20.0. The molecule has 18 heteroatoms. The predicted molar refractivity (Wildman–Crippen MR) is 250 cm³/mol. The Kier molecular flexibility index (Phi) is 14.6. The van der Waals surface area contributed by atoms with E-state index in [-0.39, 0.29) is 36.0 Å². The van der Waals surface area contributed by atoms with Crippen molar-refractivity contribution in [1.82, 2.24) is 14.5 Å². The molecular formula is C46H51Cl2F2N5O6S3. The number of thioether (sulfide) groups is 1. The molecule has 0 spiro atoms. The van der Waals surface area contributed by atoms with Crippen molar-refractivity contribution in [3.05, 3.63) is 119 Å². The molecule has 1 aliphatic carbocycles. The monoisotopic (exact) mass is 973 g/mol. The van der Waals surface area contributed by atoms with Crippen molar-refractivity contribution in [1.29, 1.82) is 0 Å². The maximum atomic E-state index is 14.5. The number of likely N-dealkylation sites (tertiary alicyclic amines) is 1. The third-order valence-corrected chi connectivity index (χ3v) is 17.4. The van der Waals surface area contributed by atoms with Gasteiger partial charge in [-0.3, -0.25) is 14.6 Å². The van der Waals surface area contributed by atoms with Crippen molar-refractivity contribution < 1.29 is 35.1 Å². The summed E-state index contributed by atoms with van der Waals surface area (Å²) < 4.78 is 85.4. The Hall–Kier alpha value is -3.74. The molecule has 3 atom stereocenters. The van der Waals surface area contributed by atoms with Crippen molar-refractivity contribution in [2.45, 2.75) is 76.1 Å². The fourth-order valence-corrected chi connectivity index (χ4v) is 12.6. The molecule has 4 aromatic rings. The number of piperazine rings is 1.